The number of hydrogen-bond acceptors (Lipinski definition) is 5. The average molecular weight is 372 g/mol. The quantitative estimate of drug-likeness (QED) is 0.841. The van der Waals surface area contributed by atoms with Crippen LogP contribution < -0.4 is 14.8 Å². The molecule has 1 aromatic carbocycles. The van der Waals surface area contributed by atoms with Crippen LogP contribution >= 0.6 is 0 Å². The van der Waals surface area contributed by atoms with Gasteiger partial charge in [0.1, 0.15) is 0 Å². The van der Waals surface area contributed by atoms with Crippen molar-refractivity contribution in [1.29, 1.82) is 0 Å². The van der Waals surface area contributed by atoms with Crippen LogP contribution in [-0.4, -0.2) is 50.1 Å². The zero-order chi connectivity index (χ0) is 19.2. The van der Waals surface area contributed by atoms with Crippen LogP contribution in [0, 0.1) is 0 Å². The van der Waals surface area contributed by atoms with Gasteiger partial charge >= 0.3 is 0 Å². The molecule has 27 heavy (non-hydrogen) atoms. The summed E-state index contributed by atoms with van der Waals surface area (Å²) in [6.07, 6.45) is 3.22. The lowest BCUT2D eigenvalue weighted by Crippen LogP contribution is -2.46. The molecule has 2 heterocycles. The third kappa shape index (κ3) is 4.61. The fraction of sp³-hybridized carbons (Fsp3) is 0.400. The average Bonchev–Trinajstić information content (AvgIpc) is 3.22. The highest BCUT2D eigenvalue weighted by Crippen LogP contribution is 2.27. The summed E-state index contributed by atoms with van der Waals surface area (Å²) in [6, 6.07) is 8.89. The molecular weight excluding hydrogens is 348 g/mol. The number of likely N-dealkylation sites (tertiary alicyclic amines) is 1. The minimum absolute atomic E-state index is 0.0435. The SMILES string of the molecule is COc1ccc(CC(=O)NC2CCN(C(=O)c3ccco3)CC2)cc1OC. The third-order valence-corrected chi connectivity index (χ3v) is 4.69. The van der Waals surface area contributed by atoms with Gasteiger partial charge in [0.05, 0.1) is 26.9 Å². The molecular formula is C20H24N2O5. The molecule has 0 unspecified atom stereocenters. The number of carbonyl (C=O) groups is 2. The second-order valence-corrected chi connectivity index (χ2v) is 6.48. The van der Waals surface area contributed by atoms with Gasteiger partial charge in [-0.3, -0.25) is 9.59 Å². The van der Waals surface area contributed by atoms with Gasteiger partial charge in [0.15, 0.2) is 17.3 Å². The first kappa shape index (κ1) is 18.8. The van der Waals surface area contributed by atoms with E-state index in [0.717, 1.165) is 18.4 Å². The van der Waals surface area contributed by atoms with Crippen LogP contribution in [0.4, 0.5) is 0 Å². The van der Waals surface area contributed by atoms with E-state index in [2.05, 4.69) is 5.32 Å². The number of rotatable bonds is 6. The molecule has 0 saturated carbocycles. The Bertz CT molecular complexity index is 780. The zero-order valence-electron chi connectivity index (χ0n) is 15.6. The Morgan fingerprint density at radius 3 is 2.52 bits per heavy atom. The Morgan fingerprint density at radius 2 is 1.89 bits per heavy atom. The standard InChI is InChI=1S/C20H24N2O5/c1-25-16-6-5-14(12-18(16)26-2)13-19(23)21-15-7-9-22(10-8-15)20(24)17-4-3-11-27-17/h3-6,11-12,15H,7-10,13H2,1-2H3,(H,21,23). The van der Waals surface area contributed by atoms with Crippen LogP contribution in [0.2, 0.25) is 0 Å². The van der Waals surface area contributed by atoms with Crippen molar-refractivity contribution >= 4 is 11.8 Å². The normalized spacial score (nSPS) is 14.7. The fourth-order valence-electron chi connectivity index (χ4n) is 3.24. The Balaban J connectivity index is 1.49. The molecule has 1 aliphatic heterocycles. The number of nitrogens with one attached hydrogen (secondary N) is 1. The monoisotopic (exact) mass is 372 g/mol. The van der Waals surface area contributed by atoms with E-state index in [9.17, 15) is 9.59 Å². The predicted molar refractivity (Wildman–Crippen MR) is 99.0 cm³/mol. The lowest BCUT2D eigenvalue weighted by atomic mass is 10.0. The van der Waals surface area contributed by atoms with E-state index in [1.165, 1.54) is 6.26 Å². The van der Waals surface area contributed by atoms with Gasteiger partial charge in [-0.2, -0.15) is 0 Å². The molecule has 0 radical (unpaired) electrons. The Morgan fingerprint density at radius 1 is 1.15 bits per heavy atom. The smallest absolute Gasteiger partial charge is 0.289 e. The first-order valence-corrected chi connectivity index (χ1v) is 8.93. The third-order valence-electron chi connectivity index (χ3n) is 4.69. The highest BCUT2D eigenvalue weighted by Gasteiger charge is 2.25. The predicted octanol–water partition coefficient (Wildman–Crippen LogP) is 2.26. The van der Waals surface area contributed by atoms with Gasteiger partial charge in [0.25, 0.3) is 5.91 Å². The molecule has 1 aromatic heterocycles. The van der Waals surface area contributed by atoms with Crippen molar-refractivity contribution in [2.75, 3.05) is 27.3 Å². The van der Waals surface area contributed by atoms with Gasteiger partial charge < -0.3 is 24.1 Å². The number of methoxy groups -OCH3 is 2. The summed E-state index contributed by atoms with van der Waals surface area (Å²) in [4.78, 5) is 26.4. The molecule has 1 saturated heterocycles. The van der Waals surface area contributed by atoms with Crippen molar-refractivity contribution in [3.05, 3.63) is 47.9 Å². The number of piperidine rings is 1. The van der Waals surface area contributed by atoms with Crippen LogP contribution in [0.1, 0.15) is 29.0 Å². The molecule has 0 aliphatic carbocycles. The maximum atomic E-state index is 12.4. The molecule has 144 valence electrons. The van der Waals surface area contributed by atoms with Crippen molar-refractivity contribution in [3.63, 3.8) is 0 Å². The molecule has 7 nitrogen and oxygen atoms in total. The molecule has 0 spiro atoms. The van der Waals surface area contributed by atoms with E-state index in [1.54, 1.807) is 37.3 Å². The van der Waals surface area contributed by atoms with E-state index in [-0.39, 0.29) is 24.3 Å². The first-order chi connectivity index (χ1) is 13.1. The van der Waals surface area contributed by atoms with Crippen LogP contribution in [0.25, 0.3) is 0 Å². The number of benzene rings is 1. The summed E-state index contributed by atoms with van der Waals surface area (Å²) >= 11 is 0. The molecule has 1 N–H and O–H groups in total. The van der Waals surface area contributed by atoms with E-state index in [1.807, 2.05) is 12.1 Å². The second kappa shape index (κ2) is 8.62. The van der Waals surface area contributed by atoms with Gasteiger partial charge in [0.2, 0.25) is 5.91 Å². The van der Waals surface area contributed by atoms with Crippen LogP contribution in [0.3, 0.4) is 0 Å². The van der Waals surface area contributed by atoms with Crippen molar-refractivity contribution < 1.29 is 23.5 Å². The summed E-state index contributed by atoms with van der Waals surface area (Å²) in [5.41, 5.74) is 0.857. The Kier molecular flexibility index (Phi) is 6.01. The molecule has 2 aromatic rings. The number of furan rings is 1. The summed E-state index contributed by atoms with van der Waals surface area (Å²) in [5, 5.41) is 3.06. The molecule has 0 atom stereocenters. The van der Waals surface area contributed by atoms with E-state index in [0.29, 0.717) is 30.3 Å². The molecule has 1 fully saturated rings. The number of ether oxygens (including phenoxy) is 2. The van der Waals surface area contributed by atoms with E-state index < -0.39 is 0 Å². The molecule has 3 rings (SSSR count). The Hall–Kier alpha value is -2.96. The summed E-state index contributed by atoms with van der Waals surface area (Å²) in [6.45, 7) is 1.20. The van der Waals surface area contributed by atoms with Crippen molar-refractivity contribution in [1.82, 2.24) is 10.2 Å². The maximum absolute atomic E-state index is 12.4. The van der Waals surface area contributed by atoms with Crippen LogP contribution in [0.5, 0.6) is 11.5 Å². The topological polar surface area (TPSA) is 81.0 Å². The van der Waals surface area contributed by atoms with Gasteiger partial charge in [-0.05, 0) is 42.7 Å². The molecule has 1 aliphatic rings. The highest BCUT2D eigenvalue weighted by molar-refractivity contribution is 5.91. The number of hydrogen-bond donors (Lipinski definition) is 1. The minimum Gasteiger partial charge on any atom is -0.493 e. The lowest BCUT2D eigenvalue weighted by molar-refractivity contribution is -0.121. The van der Waals surface area contributed by atoms with Crippen molar-refractivity contribution in [2.45, 2.75) is 25.3 Å². The van der Waals surface area contributed by atoms with Gasteiger partial charge in [-0.1, -0.05) is 6.07 Å². The number of nitrogens with zero attached hydrogens (tertiary/aromatic N) is 1. The van der Waals surface area contributed by atoms with Crippen molar-refractivity contribution in [3.8, 4) is 11.5 Å². The minimum atomic E-state index is -0.102. The van der Waals surface area contributed by atoms with Gasteiger partial charge in [-0.25, -0.2) is 0 Å². The van der Waals surface area contributed by atoms with Gasteiger partial charge in [0, 0.05) is 19.1 Å². The van der Waals surface area contributed by atoms with Crippen LogP contribution in [-0.2, 0) is 11.2 Å². The van der Waals surface area contributed by atoms with Gasteiger partial charge in [-0.15, -0.1) is 0 Å². The Labute approximate surface area is 158 Å². The van der Waals surface area contributed by atoms with E-state index in [4.69, 9.17) is 13.9 Å². The zero-order valence-corrected chi connectivity index (χ0v) is 15.6. The molecule has 0 bridgehead atoms. The summed E-state index contributed by atoms with van der Waals surface area (Å²) in [7, 11) is 3.15. The second-order valence-electron chi connectivity index (χ2n) is 6.48. The summed E-state index contributed by atoms with van der Waals surface area (Å²) < 4.78 is 15.6. The van der Waals surface area contributed by atoms with Crippen molar-refractivity contribution in [2.24, 2.45) is 0 Å². The maximum Gasteiger partial charge on any atom is 0.289 e. The fourth-order valence-corrected chi connectivity index (χ4v) is 3.24. The number of amides is 2. The summed E-state index contributed by atoms with van der Waals surface area (Å²) in [5.74, 6) is 1.45. The van der Waals surface area contributed by atoms with E-state index >= 15 is 0 Å². The first-order valence-electron chi connectivity index (χ1n) is 8.93. The lowest BCUT2D eigenvalue weighted by Gasteiger charge is -2.31. The molecule has 2 amide bonds. The largest absolute Gasteiger partial charge is 0.493 e. The highest BCUT2D eigenvalue weighted by atomic mass is 16.5. The molecule has 7 heteroatoms. The number of carbonyl (C=O) groups excluding carboxylic acids is 2. The van der Waals surface area contributed by atoms with Crippen LogP contribution in [0.15, 0.2) is 41.0 Å².